The van der Waals surface area contributed by atoms with E-state index in [1.165, 1.54) is 13.0 Å². The third-order valence-corrected chi connectivity index (χ3v) is 6.10. The second kappa shape index (κ2) is 15.4. The van der Waals surface area contributed by atoms with Gasteiger partial charge in [-0.1, -0.05) is 36.4 Å². The molecule has 1 aromatic carbocycles. The van der Waals surface area contributed by atoms with E-state index in [2.05, 4.69) is 28.9 Å². The summed E-state index contributed by atoms with van der Waals surface area (Å²) in [5.41, 5.74) is 4.41. The largest absolute Gasteiger partial charge is 0.511 e. The van der Waals surface area contributed by atoms with Crippen molar-refractivity contribution in [2.75, 3.05) is 7.11 Å². The summed E-state index contributed by atoms with van der Waals surface area (Å²) < 4.78 is 32.7. The van der Waals surface area contributed by atoms with Gasteiger partial charge in [0.1, 0.15) is 11.5 Å². The molecule has 0 bridgehead atoms. The molecule has 208 valence electrons. The maximum Gasteiger partial charge on any atom is 0.192 e. The van der Waals surface area contributed by atoms with Gasteiger partial charge in [-0.15, -0.1) is 0 Å². The smallest absolute Gasteiger partial charge is 0.192 e. The lowest BCUT2D eigenvalue weighted by Crippen LogP contribution is -2.34. The highest BCUT2D eigenvalue weighted by atomic mass is 19.2. The van der Waals surface area contributed by atoms with Crippen molar-refractivity contribution in [2.45, 2.75) is 52.6 Å². The summed E-state index contributed by atoms with van der Waals surface area (Å²) in [6.45, 7) is 6.61. The molecule has 0 saturated heterocycles. The van der Waals surface area contributed by atoms with Crippen LogP contribution in [0, 0.1) is 11.6 Å². The molecule has 0 heterocycles. The molecule has 2 unspecified atom stereocenters. The first-order chi connectivity index (χ1) is 18.5. The number of hydrogen-bond donors (Lipinski definition) is 3. The highest BCUT2D eigenvalue weighted by Gasteiger charge is 2.22. The molecule has 0 saturated carbocycles. The van der Waals surface area contributed by atoms with Crippen LogP contribution in [0.25, 0.3) is 0 Å². The Morgan fingerprint density at radius 3 is 2.41 bits per heavy atom. The molecular formula is C31H36F2N2O4. The Morgan fingerprint density at radius 1 is 1.08 bits per heavy atom. The number of nitrogens with one attached hydrogen (secondary N) is 2. The number of halogens is 2. The van der Waals surface area contributed by atoms with Gasteiger partial charge in [0, 0.05) is 24.4 Å². The molecule has 3 rings (SSSR count). The molecule has 0 amide bonds. The zero-order valence-electron chi connectivity index (χ0n) is 22.9. The van der Waals surface area contributed by atoms with Gasteiger partial charge in [0.15, 0.2) is 23.7 Å². The van der Waals surface area contributed by atoms with Crippen LogP contribution < -0.4 is 10.6 Å². The third kappa shape index (κ3) is 9.98. The van der Waals surface area contributed by atoms with Crippen LogP contribution in [0.5, 0.6) is 0 Å². The number of methoxy groups -OCH3 is 1. The van der Waals surface area contributed by atoms with Crippen molar-refractivity contribution in [3.63, 3.8) is 0 Å². The highest BCUT2D eigenvalue weighted by Crippen LogP contribution is 2.27. The van der Waals surface area contributed by atoms with Crippen LogP contribution in [0.1, 0.15) is 52.1 Å². The fourth-order valence-corrected chi connectivity index (χ4v) is 3.79. The van der Waals surface area contributed by atoms with Gasteiger partial charge in [0.2, 0.25) is 0 Å². The molecule has 2 atom stereocenters. The topological polar surface area (TPSA) is 87.7 Å². The average molecular weight is 539 g/mol. The third-order valence-electron chi connectivity index (χ3n) is 6.10. The van der Waals surface area contributed by atoms with Crippen molar-refractivity contribution < 1.29 is 28.2 Å². The van der Waals surface area contributed by atoms with Crippen molar-refractivity contribution in [3.8, 4) is 0 Å². The van der Waals surface area contributed by atoms with Gasteiger partial charge in [0.05, 0.1) is 13.2 Å². The van der Waals surface area contributed by atoms with Gasteiger partial charge in [-0.2, -0.15) is 0 Å². The van der Waals surface area contributed by atoms with Crippen molar-refractivity contribution in [1.82, 2.24) is 10.6 Å². The number of aldehydes is 1. The fourth-order valence-electron chi connectivity index (χ4n) is 3.79. The van der Waals surface area contributed by atoms with Gasteiger partial charge in [-0.25, -0.2) is 8.78 Å². The predicted octanol–water partition coefficient (Wildman–Crippen LogP) is 6.34. The molecule has 3 N–H and O–H groups in total. The summed E-state index contributed by atoms with van der Waals surface area (Å²) in [5, 5.41) is 16.5. The first-order valence-electron chi connectivity index (χ1n) is 12.6. The van der Waals surface area contributed by atoms with E-state index in [-0.39, 0.29) is 24.1 Å². The first kappa shape index (κ1) is 31.2. The SMILES string of the molecule is CC(=O)C=O.COC1=CCC=C(C(NC(C)c2ccc(F)c(F)c2)C2=CC=CC(N/C(C)=C(/C)O)=CC2)C=C1. The molecule has 0 radical (unpaired) electrons. The van der Waals surface area contributed by atoms with E-state index in [0.29, 0.717) is 17.7 Å². The first-order valence-corrected chi connectivity index (χ1v) is 12.6. The summed E-state index contributed by atoms with van der Waals surface area (Å²) in [4.78, 5) is 18.6. The van der Waals surface area contributed by atoms with E-state index in [1.54, 1.807) is 20.1 Å². The average Bonchev–Trinajstić information content (AvgIpc) is 3.29. The van der Waals surface area contributed by atoms with E-state index in [4.69, 9.17) is 9.53 Å². The lowest BCUT2D eigenvalue weighted by Gasteiger charge is -2.27. The number of aliphatic hydroxyl groups is 1. The number of aliphatic hydroxyl groups excluding tert-OH is 1. The maximum atomic E-state index is 13.9. The minimum Gasteiger partial charge on any atom is -0.511 e. The number of ether oxygens (including phenoxy) is 1. The zero-order valence-corrected chi connectivity index (χ0v) is 22.9. The molecule has 0 aliphatic heterocycles. The Labute approximate surface area is 228 Å². The van der Waals surface area contributed by atoms with E-state index < -0.39 is 17.4 Å². The number of rotatable bonds is 9. The van der Waals surface area contributed by atoms with Crippen LogP contribution in [0.4, 0.5) is 8.78 Å². The summed E-state index contributed by atoms with van der Waals surface area (Å²) in [7, 11) is 1.64. The predicted molar refractivity (Wildman–Crippen MR) is 149 cm³/mol. The van der Waals surface area contributed by atoms with E-state index >= 15 is 0 Å². The Kier molecular flexibility index (Phi) is 12.3. The number of carbonyl (C=O) groups excluding carboxylic acids is 2. The van der Waals surface area contributed by atoms with Crippen LogP contribution >= 0.6 is 0 Å². The Balaban J connectivity index is 0.000000976. The van der Waals surface area contributed by atoms with Crippen LogP contribution in [0.2, 0.25) is 0 Å². The van der Waals surface area contributed by atoms with Crippen molar-refractivity contribution in [2.24, 2.45) is 0 Å². The normalized spacial score (nSPS) is 16.9. The molecule has 0 fully saturated rings. The second-order valence-electron chi connectivity index (χ2n) is 9.11. The van der Waals surface area contributed by atoms with Crippen molar-refractivity contribution >= 4 is 12.1 Å². The van der Waals surface area contributed by atoms with Crippen molar-refractivity contribution in [3.05, 3.63) is 118 Å². The summed E-state index contributed by atoms with van der Waals surface area (Å²) >= 11 is 0. The molecule has 0 aromatic heterocycles. The van der Waals surface area contributed by atoms with Crippen LogP contribution in [0.15, 0.2) is 101 Å². The Hall–Kier alpha value is -4.04. The molecule has 0 spiro atoms. The number of Topliss-reactive ketones (excluding diaryl/α,β-unsaturated/α-hetero) is 1. The minimum absolute atomic E-state index is 0.166. The van der Waals surface area contributed by atoms with Crippen LogP contribution in [-0.2, 0) is 14.3 Å². The fraction of sp³-hybridized carbons (Fsp3) is 0.290. The van der Waals surface area contributed by atoms with E-state index in [0.717, 1.165) is 35.1 Å². The quantitative estimate of drug-likeness (QED) is 0.193. The van der Waals surface area contributed by atoms with Gasteiger partial charge in [0.25, 0.3) is 0 Å². The Morgan fingerprint density at radius 2 is 1.79 bits per heavy atom. The molecule has 6 nitrogen and oxygen atoms in total. The second-order valence-corrected chi connectivity index (χ2v) is 9.11. The monoisotopic (exact) mass is 538 g/mol. The molecule has 39 heavy (non-hydrogen) atoms. The number of allylic oxidation sites excluding steroid dienone is 9. The molecule has 1 aromatic rings. The Bertz CT molecular complexity index is 1270. The number of ketones is 1. The van der Waals surface area contributed by atoms with Gasteiger partial charge < -0.3 is 15.2 Å². The van der Waals surface area contributed by atoms with E-state index in [1.807, 2.05) is 44.2 Å². The van der Waals surface area contributed by atoms with Crippen LogP contribution in [0.3, 0.4) is 0 Å². The van der Waals surface area contributed by atoms with Gasteiger partial charge >= 0.3 is 0 Å². The highest BCUT2D eigenvalue weighted by molar-refractivity contribution is 6.23. The van der Waals surface area contributed by atoms with E-state index in [9.17, 15) is 18.7 Å². The molecule has 8 heteroatoms. The maximum absolute atomic E-state index is 13.9. The molecular weight excluding hydrogens is 502 g/mol. The number of carbonyl (C=O) groups is 2. The summed E-state index contributed by atoms with van der Waals surface area (Å²) in [5.74, 6) is -1.11. The summed E-state index contributed by atoms with van der Waals surface area (Å²) in [6, 6.07) is 3.60. The lowest BCUT2D eigenvalue weighted by molar-refractivity contribution is -0.128. The number of hydrogen-bond acceptors (Lipinski definition) is 6. The summed E-state index contributed by atoms with van der Waals surface area (Å²) in [6.07, 6.45) is 17.8. The standard InChI is InChI=1S/C28H32F2N2O2.C3H4O2/c1-18(20(3)33)31-24-9-5-7-21(11-14-24)28(22-8-6-10-25(34-4)15-12-22)32-19(2)23-13-16-26(29)27(30)17-23;1-3(5)2-4/h5,7-10,12-17,19,28,31-33H,6,11H2,1-4H3;2H,1H3/b20-18-;. The zero-order chi connectivity index (χ0) is 28.9. The molecule has 2 aliphatic carbocycles. The molecule has 2 aliphatic rings. The minimum atomic E-state index is -0.858. The van der Waals surface area contributed by atoms with Gasteiger partial charge in [-0.3, -0.25) is 14.9 Å². The van der Waals surface area contributed by atoms with Gasteiger partial charge in [-0.05, 0) is 80.7 Å². The van der Waals surface area contributed by atoms with Crippen LogP contribution in [-0.4, -0.2) is 30.3 Å². The van der Waals surface area contributed by atoms with Crippen molar-refractivity contribution in [1.29, 1.82) is 0 Å². The number of benzene rings is 1. The lowest BCUT2D eigenvalue weighted by atomic mass is 9.93.